The molecule has 0 aliphatic carbocycles. The summed E-state index contributed by atoms with van der Waals surface area (Å²) in [4.78, 5) is 20.2. The van der Waals surface area contributed by atoms with Crippen LogP contribution in [-0.4, -0.2) is 30.0 Å². The first kappa shape index (κ1) is 13.8. The van der Waals surface area contributed by atoms with Gasteiger partial charge in [0.2, 0.25) is 0 Å². The maximum absolute atomic E-state index is 12.1. The van der Waals surface area contributed by atoms with E-state index in [0.717, 1.165) is 11.3 Å². The first-order chi connectivity index (χ1) is 9.63. The third-order valence-electron chi connectivity index (χ3n) is 2.81. The van der Waals surface area contributed by atoms with Crippen molar-refractivity contribution >= 4 is 17.4 Å². The number of anilines is 2. The molecule has 20 heavy (non-hydrogen) atoms. The van der Waals surface area contributed by atoms with Gasteiger partial charge in [0.15, 0.2) is 0 Å². The summed E-state index contributed by atoms with van der Waals surface area (Å²) in [5.74, 6) is 0.990. The average Bonchev–Trinajstić information content (AvgIpc) is 2.49. The summed E-state index contributed by atoms with van der Waals surface area (Å²) in [5.41, 5.74) is 1.88. The number of methoxy groups -OCH3 is 1. The van der Waals surface area contributed by atoms with Crippen molar-refractivity contribution in [3.63, 3.8) is 0 Å². The van der Waals surface area contributed by atoms with Gasteiger partial charge in [-0.15, -0.1) is 0 Å². The van der Waals surface area contributed by atoms with Crippen LogP contribution in [0.3, 0.4) is 0 Å². The number of carbonyl (C=O) groups is 1. The predicted octanol–water partition coefficient (Wildman–Crippen LogP) is 2.09. The molecule has 0 aliphatic rings. The highest BCUT2D eigenvalue weighted by Gasteiger charge is 2.10. The summed E-state index contributed by atoms with van der Waals surface area (Å²) in [7, 11) is 3.32. The van der Waals surface area contributed by atoms with Gasteiger partial charge in [0.1, 0.15) is 17.3 Å². The zero-order valence-electron chi connectivity index (χ0n) is 11.6. The van der Waals surface area contributed by atoms with Crippen LogP contribution in [0.4, 0.5) is 11.5 Å². The zero-order valence-corrected chi connectivity index (χ0v) is 11.6. The highest BCUT2D eigenvalue weighted by atomic mass is 16.5. The molecule has 2 aromatic rings. The van der Waals surface area contributed by atoms with Gasteiger partial charge < -0.3 is 15.4 Å². The van der Waals surface area contributed by atoms with E-state index in [1.807, 2.05) is 13.0 Å². The van der Waals surface area contributed by atoms with E-state index in [1.54, 1.807) is 32.5 Å². The Morgan fingerprint density at radius 1 is 1.30 bits per heavy atom. The number of hydrogen-bond acceptors (Lipinski definition) is 5. The third kappa shape index (κ3) is 3.03. The average molecular weight is 272 g/mol. The van der Waals surface area contributed by atoms with Gasteiger partial charge in [0.25, 0.3) is 5.91 Å². The quantitative estimate of drug-likeness (QED) is 0.891. The summed E-state index contributed by atoms with van der Waals surface area (Å²) < 4.78 is 5.13. The Labute approximate surface area is 117 Å². The SMILES string of the molecule is CNc1cncc(C(=O)Nc2ccc(OC)cc2C)n1. The summed E-state index contributed by atoms with van der Waals surface area (Å²) in [6, 6.07) is 5.44. The van der Waals surface area contributed by atoms with Crippen molar-refractivity contribution in [1.82, 2.24) is 9.97 Å². The van der Waals surface area contributed by atoms with E-state index >= 15 is 0 Å². The van der Waals surface area contributed by atoms with Crippen molar-refractivity contribution in [2.45, 2.75) is 6.92 Å². The van der Waals surface area contributed by atoms with E-state index in [4.69, 9.17) is 4.74 Å². The minimum Gasteiger partial charge on any atom is -0.497 e. The summed E-state index contributed by atoms with van der Waals surface area (Å²) in [5, 5.41) is 5.65. The Kier molecular flexibility index (Phi) is 4.14. The summed E-state index contributed by atoms with van der Waals surface area (Å²) in [6.45, 7) is 1.90. The van der Waals surface area contributed by atoms with Gasteiger partial charge in [-0.3, -0.25) is 9.78 Å². The van der Waals surface area contributed by atoms with Crippen LogP contribution in [0.25, 0.3) is 0 Å². The molecule has 6 nitrogen and oxygen atoms in total. The largest absolute Gasteiger partial charge is 0.497 e. The van der Waals surface area contributed by atoms with Crippen molar-refractivity contribution in [2.75, 3.05) is 24.8 Å². The number of aryl methyl sites for hydroxylation is 1. The van der Waals surface area contributed by atoms with Gasteiger partial charge in [-0.05, 0) is 30.7 Å². The van der Waals surface area contributed by atoms with E-state index in [1.165, 1.54) is 6.20 Å². The molecular weight excluding hydrogens is 256 g/mol. The van der Waals surface area contributed by atoms with Crippen LogP contribution in [0.2, 0.25) is 0 Å². The Balaban J connectivity index is 2.18. The first-order valence-corrected chi connectivity index (χ1v) is 6.10. The Bertz CT molecular complexity index is 628. The molecule has 2 N–H and O–H groups in total. The normalized spacial score (nSPS) is 9.95. The van der Waals surface area contributed by atoms with Gasteiger partial charge in [0.05, 0.1) is 19.5 Å². The maximum Gasteiger partial charge on any atom is 0.275 e. The second-order valence-corrected chi connectivity index (χ2v) is 4.17. The van der Waals surface area contributed by atoms with Crippen LogP contribution in [0.5, 0.6) is 5.75 Å². The van der Waals surface area contributed by atoms with Crippen LogP contribution in [0, 0.1) is 6.92 Å². The van der Waals surface area contributed by atoms with E-state index in [2.05, 4.69) is 20.6 Å². The molecule has 0 saturated heterocycles. The lowest BCUT2D eigenvalue weighted by atomic mass is 10.2. The van der Waals surface area contributed by atoms with Gasteiger partial charge >= 0.3 is 0 Å². The molecule has 1 aromatic heterocycles. The van der Waals surface area contributed by atoms with Crippen molar-refractivity contribution in [3.8, 4) is 5.75 Å². The lowest BCUT2D eigenvalue weighted by Crippen LogP contribution is -2.15. The summed E-state index contributed by atoms with van der Waals surface area (Å²) in [6.07, 6.45) is 2.98. The number of nitrogens with one attached hydrogen (secondary N) is 2. The van der Waals surface area contributed by atoms with Crippen molar-refractivity contribution in [3.05, 3.63) is 41.9 Å². The molecule has 0 aliphatic heterocycles. The Morgan fingerprint density at radius 3 is 2.75 bits per heavy atom. The number of carbonyl (C=O) groups excluding carboxylic acids is 1. The lowest BCUT2D eigenvalue weighted by Gasteiger charge is -2.09. The molecule has 0 bridgehead atoms. The van der Waals surface area contributed by atoms with Crippen LogP contribution in [0.1, 0.15) is 16.1 Å². The van der Waals surface area contributed by atoms with E-state index in [0.29, 0.717) is 11.5 Å². The number of amides is 1. The smallest absolute Gasteiger partial charge is 0.275 e. The molecule has 1 amide bonds. The minimum atomic E-state index is -0.303. The van der Waals surface area contributed by atoms with E-state index in [-0.39, 0.29) is 11.6 Å². The van der Waals surface area contributed by atoms with Crippen molar-refractivity contribution in [2.24, 2.45) is 0 Å². The molecule has 6 heteroatoms. The number of hydrogen-bond donors (Lipinski definition) is 2. The standard InChI is InChI=1S/C14H16N4O2/c1-9-6-10(20-3)4-5-11(9)18-14(19)12-7-16-8-13(15-2)17-12/h4-8H,1-3H3,(H,15,17)(H,18,19). The zero-order chi connectivity index (χ0) is 14.5. The number of nitrogens with zero attached hydrogens (tertiary/aromatic N) is 2. The second-order valence-electron chi connectivity index (χ2n) is 4.17. The molecule has 0 atom stereocenters. The molecule has 104 valence electrons. The molecule has 0 spiro atoms. The fraction of sp³-hybridized carbons (Fsp3) is 0.214. The van der Waals surface area contributed by atoms with Gasteiger partial charge in [-0.1, -0.05) is 0 Å². The number of ether oxygens (including phenoxy) is 1. The molecule has 2 rings (SSSR count). The fourth-order valence-electron chi connectivity index (χ4n) is 1.69. The molecule has 0 saturated carbocycles. The Morgan fingerprint density at radius 2 is 2.10 bits per heavy atom. The summed E-state index contributed by atoms with van der Waals surface area (Å²) >= 11 is 0. The van der Waals surface area contributed by atoms with E-state index in [9.17, 15) is 4.79 Å². The molecule has 1 aromatic carbocycles. The third-order valence-corrected chi connectivity index (χ3v) is 2.81. The Hall–Kier alpha value is -2.63. The van der Waals surface area contributed by atoms with Gasteiger partial charge in [-0.2, -0.15) is 0 Å². The van der Waals surface area contributed by atoms with Gasteiger partial charge in [-0.25, -0.2) is 4.98 Å². The second kappa shape index (κ2) is 6.01. The van der Waals surface area contributed by atoms with Crippen LogP contribution in [-0.2, 0) is 0 Å². The van der Waals surface area contributed by atoms with E-state index < -0.39 is 0 Å². The highest BCUT2D eigenvalue weighted by molar-refractivity contribution is 6.03. The monoisotopic (exact) mass is 272 g/mol. The van der Waals surface area contributed by atoms with Crippen molar-refractivity contribution < 1.29 is 9.53 Å². The molecular formula is C14H16N4O2. The minimum absolute atomic E-state index is 0.257. The first-order valence-electron chi connectivity index (χ1n) is 6.10. The topological polar surface area (TPSA) is 76.1 Å². The molecule has 0 unspecified atom stereocenters. The fourth-order valence-corrected chi connectivity index (χ4v) is 1.69. The number of rotatable bonds is 4. The highest BCUT2D eigenvalue weighted by Crippen LogP contribution is 2.21. The lowest BCUT2D eigenvalue weighted by molar-refractivity contribution is 0.102. The molecule has 1 heterocycles. The maximum atomic E-state index is 12.1. The number of benzene rings is 1. The van der Waals surface area contributed by atoms with Crippen LogP contribution < -0.4 is 15.4 Å². The molecule has 0 radical (unpaired) electrons. The predicted molar refractivity (Wildman–Crippen MR) is 77.3 cm³/mol. The van der Waals surface area contributed by atoms with Crippen LogP contribution >= 0.6 is 0 Å². The van der Waals surface area contributed by atoms with Gasteiger partial charge in [0, 0.05) is 12.7 Å². The van der Waals surface area contributed by atoms with Crippen molar-refractivity contribution in [1.29, 1.82) is 0 Å². The molecule has 0 fully saturated rings. The van der Waals surface area contributed by atoms with Crippen LogP contribution in [0.15, 0.2) is 30.6 Å². The number of aromatic nitrogens is 2.